The predicted octanol–water partition coefficient (Wildman–Crippen LogP) is 3.78. The minimum atomic E-state index is -0.386. The summed E-state index contributed by atoms with van der Waals surface area (Å²) in [5.74, 6) is 0.166. The van der Waals surface area contributed by atoms with Crippen LogP contribution in [-0.4, -0.2) is 23.9 Å². The zero-order valence-electron chi connectivity index (χ0n) is 11.9. The number of carbonyl (C=O) groups is 1. The average Bonchev–Trinajstić information content (AvgIpc) is 2.41. The summed E-state index contributed by atoms with van der Waals surface area (Å²) < 4.78 is 14.0. The molecule has 0 spiro atoms. The fraction of sp³-hybridized carbons (Fsp3) is 0.562. The lowest BCUT2D eigenvalue weighted by molar-refractivity contribution is 0.0674. The third-order valence-electron chi connectivity index (χ3n) is 4.28. The van der Waals surface area contributed by atoms with E-state index >= 15 is 0 Å². The number of halogens is 1. The molecule has 2 rings (SSSR count). The van der Waals surface area contributed by atoms with Gasteiger partial charge in [-0.1, -0.05) is 19.1 Å². The Bertz CT molecular complexity index is 464. The van der Waals surface area contributed by atoms with E-state index in [1.807, 2.05) is 0 Å². The highest BCUT2D eigenvalue weighted by molar-refractivity contribution is 5.94. The minimum Gasteiger partial charge on any atom is -0.339 e. The van der Waals surface area contributed by atoms with E-state index < -0.39 is 0 Å². The molecule has 1 saturated carbocycles. The highest BCUT2D eigenvalue weighted by Crippen LogP contribution is 2.27. The van der Waals surface area contributed by atoms with Gasteiger partial charge < -0.3 is 4.90 Å². The molecule has 3 heteroatoms. The van der Waals surface area contributed by atoms with Crippen LogP contribution in [-0.2, 0) is 0 Å². The Morgan fingerprint density at radius 3 is 2.53 bits per heavy atom. The lowest BCUT2D eigenvalue weighted by atomic mass is 9.86. The molecule has 0 unspecified atom stereocenters. The predicted molar refractivity (Wildman–Crippen MR) is 74.7 cm³/mol. The molecule has 0 saturated heterocycles. The van der Waals surface area contributed by atoms with Gasteiger partial charge in [0.05, 0.1) is 5.56 Å². The van der Waals surface area contributed by atoms with Crippen LogP contribution < -0.4 is 0 Å². The Morgan fingerprint density at radius 2 is 1.89 bits per heavy atom. The molecule has 2 nitrogen and oxygen atoms in total. The molecule has 1 fully saturated rings. The number of amides is 1. The van der Waals surface area contributed by atoms with E-state index in [-0.39, 0.29) is 23.3 Å². The lowest BCUT2D eigenvalue weighted by Gasteiger charge is -2.33. The SMILES string of the molecule is Cc1cccc(C(=O)N(C)C2CCC(C)CC2)c1F. The number of hydrogen-bond acceptors (Lipinski definition) is 1. The Labute approximate surface area is 114 Å². The van der Waals surface area contributed by atoms with Gasteiger partial charge in [0.2, 0.25) is 0 Å². The van der Waals surface area contributed by atoms with Gasteiger partial charge in [-0.2, -0.15) is 0 Å². The van der Waals surface area contributed by atoms with Crippen molar-refractivity contribution in [2.75, 3.05) is 7.05 Å². The first kappa shape index (κ1) is 14.0. The summed E-state index contributed by atoms with van der Waals surface area (Å²) in [5, 5.41) is 0. The summed E-state index contributed by atoms with van der Waals surface area (Å²) >= 11 is 0. The van der Waals surface area contributed by atoms with Crippen LogP contribution in [0.15, 0.2) is 18.2 Å². The summed E-state index contributed by atoms with van der Waals surface area (Å²) in [6.07, 6.45) is 4.35. The summed E-state index contributed by atoms with van der Waals surface area (Å²) in [5.41, 5.74) is 0.720. The van der Waals surface area contributed by atoms with Crippen molar-refractivity contribution in [2.45, 2.75) is 45.6 Å². The van der Waals surface area contributed by atoms with E-state index in [0.717, 1.165) is 31.6 Å². The Hall–Kier alpha value is -1.38. The van der Waals surface area contributed by atoms with Crippen molar-refractivity contribution in [3.05, 3.63) is 35.1 Å². The van der Waals surface area contributed by atoms with Gasteiger partial charge >= 0.3 is 0 Å². The second kappa shape index (κ2) is 5.72. The standard InChI is InChI=1S/C16H22FNO/c1-11-7-9-13(10-8-11)18(3)16(19)14-6-4-5-12(2)15(14)17/h4-6,11,13H,7-10H2,1-3H3. The molecule has 1 aliphatic carbocycles. The highest BCUT2D eigenvalue weighted by atomic mass is 19.1. The molecule has 1 amide bonds. The van der Waals surface area contributed by atoms with E-state index in [2.05, 4.69) is 6.92 Å². The van der Waals surface area contributed by atoms with Crippen LogP contribution in [0.1, 0.15) is 48.5 Å². The van der Waals surface area contributed by atoms with Gasteiger partial charge in [-0.15, -0.1) is 0 Å². The third kappa shape index (κ3) is 2.96. The molecule has 0 aromatic heterocycles. The Kier molecular flexibility index (Phi) is 4.23. The van der Waals surface area contributed by atoms with E-state index in [0.29, 0.717) is 5.56 Å². The largest absolute Gasteiger partial charge is 0.339 e. The van der Waals surface area contributed by atoms with Gasteiger partial charge in [-0.25, -0.2) is 4.39 Å². The zero-order chi connectivity index (χ0) is 14.0. The van der Waals surface area contributed by atoms with Crippen LogP contribution in [0.4, 0.5) is 4.39 Å². The van der Waals surface area contributed by atoms with Crippen molar-refractivity contribution in [1.29, 1.82) is 0 Å². The highest BCUT2D eigenvalue weighted by Gasteiger charge is 2.26. The van der Waals surface area contributed by atoms with Crippen molar-refractivity contribution in [2.24, 2.45) is 5.92 Å². The first-order chi connectivity index (χ1) is 9.00. The number of benzene rings is 1. The maximum Gasteiger partial charge on any atom is 0.256 e. The van der Waals surface area contributed by atoms with Crippen molar-refractivity contribution in [3.8, 4) is 0 Å². The van der Waals surface area contributed by atoms with E-state index in [1.165, 1.54) is 0 Å². The van der Waals surface area contributed by atoms with Crippen molar-refractivity contribution in [3.63, 3.8) is 0 Å². The molecule has 0 atom stereocenters. The normalized spacial score (nSPS) is 23.2. The van der Waals surface area contributed by atoms with Crippen LogP contribution in [0, 0.1) is 18.7 Å². The van der Waals surface area contributed by atoms with Crippen molar-refractivity contribution >= 4 is 5.91 Å². The molecular formula is C16H22FNO. The van der Waals surface area contributed by atoms with Gasteiger partial charge in [-0.3, -0.25) is 4.79 Å². The fourth-order valence-electron chi connectivity index (χ4n) is 2.80. The molecule has 0 aliphatic heterocycles. The van der Waals surface area contributed by atoms with Crippen LogP contribution in [0.25, 0.3) is 0 Å². The second-order valence-electron chi connectivity index (χ2n) is 5.77. The Balaban J connectivity index is 2.13. The molecule has 0 heterocycles. The molecule has 19 heavy (non-hydrogen) atoms. The van der Waals surface area contributed by atoms with E-state index in [4.69, 9.17) is 0 Å². The third-order valence-corrected chi connectivity index (χ3v) is 4.28. The average molecular weight is 263 g/mol. The summed E-state index contributed by atoms with van der Waals surface area (Å²) in [6.45, 7) is 3.94. The smallest absolute Gasteiger partial charge is 0.256 e. The van der Waals surface area contributed by atoms with E-state index in [1.54, 1.807) is 37.1 Å². The van der Waals surface area contributed by atoms with Gasteiger partial charge in [0.25, 0.3) is 5.91 Å². The number of aryl methyl sites for hydroxylation is 1. The number of nitrogens with zero attached hydrogens (tertiary/aromatic N) is 1. The molecule has 104 valence electrons. The molecule has 1 aromatic rings. The van der Waals surface area contributed by atoms with Crippen molar-refractivity contribution < 1.29 is 9.18 Å². The summed E-state index contributed by atoms with van der Waals surface area (Å²) in [7, 11) is 1.80. The monoisotopic (exact) mass is 263 g/mol. The zero-order valence-corrected chi connectivity index (χ0v) is 11.9. The molecule has 1 aliphatic rings. The van der Waals surface area contributed by atoms with Crippen LogP contribution >= 0.6 is 0 Å². The van der Waals surface area contributed by atoms with E-state index in [9.17, 15) is 9.18 Å². The van der Waals surface area contributed by atoms with Crippen LogP contribution in [0.3, 0.4) is 0 Å². The molecule has 0 bridgehead atoms. The van der Waals surface area contributed by atoms with Crippen molar-refractivity contribution in [1.82, 2.24) is 4.90 Å². The molecule has 0 N–H and O–H groups in total. The first-order valence-electron chi connectivity index (χ1n) is 7.03. The first-order valence-corrected chi connectivity index (χ1v) is 7.03. The van der Waals surface area contributed by atoms with Gasteiger partial charge in [0.1, 0.15) is 5.82 Å². The maximum atomic E-state index is 14.0. The van der Waals surface area contributed by atoms with Crippen LogP contribution in [0.2, 0.25) is 0 Å². The maximum absolute atomic E-state index is 14.0. The number of carbonyl (C=O) groups excluding carboxylic acids is 1. The molecule has 1 aromatic carbocycles. The molecule has 0 radical (unpaired) electrons. The molecular weight excluding hydrogens is 241 g/mol. The summed E-state index contributed by atoms with van der Waals surface area (Å²) in [4.78, 5) is 14.1. The van der Waals surface area contributed by atoms with Gasteiger partial charge in [-0.05, 0) is 50.2 Å². The quantitative estimate of drug-likeness (QED) is 0.795. The number of hydrogen-bond donors (Lipinski definition) is 0. The number of rotatable bonds is 2. The summed E-state index contributed by atoms with van der Waals surface area (Å²) in [6, 6.07) is 5.26. The second-order valence-corrected chi connectivity index (χ2v) is 5.77. The fourth-order valence-corrected chi connectivity index (χ4v) is 2.80. The van der Waals surface area contributed by atoms with Gasteiger partial charge in [0.15, 0.2) is 0 Å². The van der Waals surface area contributed by atoms with Crippen LogP contribution in [0.5, 0.6) is 0 Å². The Morgan fingerprint density at radius 1 is 1.26 bits per heavy atom. The van der Waals surface area contributed by atoms with Gasteiger partial charge in [0, 0.05) is 13.1 Å². The minimum absolute atomic E-state index is 0.194. The lowest BCUT2D eigenvalue weighted by Crippen LogP contribution is -2.39. The topological polar surface area (TPSA) is 20.3 Å².